The Morgan fingerprint density at radius 3 is 2.37 bits per heavy atom. The molecule has 0 aliphatic rings. The molecule has 0 saturated carbocycles. The lowest BCUT2D eigenvalue weighted by Crippen LogP contribution is -2.46. The fourth-order valence-corrected chi connectivity index (χ4v) is 2.54. The third-order valence-corrected chi connectivity index (χ3v) is 4.03. The maximum atomic E-state index is 12.2. The predicted octanol–water partition coefficient (Wildman–Crippen LogP) is 1.78. The number of amides is 3. The van der Waals surface area contributed by atoms with E-state index in [-0.39, 0.29) is 13.0 Å². The minimum atomic E-state index is -0.985. The number of carbonyl (C=O) groups is 3. The average Bonchev–Trinajstić information content (AvgIpc) is 2.65. The van der Waals surface area contributed by atoms with E-state index in [9.17, 15) is 14.4 Å². The van der Waals surface area contributed by atoms with Crippen molar-refractivity contribution in [3.05, 3.63) is 70.7 Å². The fourth-order valence-electron chi connectivity index (χ4n) is 2.34. The molecule has 0 heterocycles. The zero-order chi connectivity index (χ0) is 19.6. The number of halogens is 1. The van der Waals surface area contributed by atoms with E-state index in [0.717, 1.165) is 11.1 Å². The van der Waals surface area contributed by atoms with E-state index in [4.69, 9.17) is 22.1 Å². The van der Waals surface area contributed by atoms with Crippen molar-refractivity contribution in [2.24, 2.45) is 5.73 Å². The molecule has 8 heteroatoms. The van der Waals surface area contributed by atoms with Crippen molar-refractivity contribution < 1.29 is 19.1 Å². The molecule has 0 aliphatic carbocycles. The van der Waals surface area contributed by atoms with Gasteiger partial charge in [0.05, 0.1) is 0 Å². The van der Waals surface area contributed by atoms with E-state index >= 15 is 0 Å². The van der Waals surface area contributed by atoms with E-state index in [1.807, 2.05) is 18.2 Å². The molecule has 0 unspecified atom stereocenters. The monoisotopic (exact) mass is 389 g/mol. The van der Waals surface area contributed by atoms with Crippen LogP contribution in [-0.2, 0) is 27.3 Å². The van der Waals surface area contributed by atoms with Gasteiger partial charge in [-0.25, -0.2) is 9.59 Å². The van der Waals surface area contributed by atoms with Crippen LogP contribution < -0.4 is 16.4 Å². The number of hydrogen-bond acceptors (Lipinski definition) is 4. The summed E-state index contributed by atoms with van der Waals surface area (Å²) in [6.45, 7) is -0.266. The highest BCUT2D eigenvalue weighted by atomic mass is 35.5. The normalized spacial score (nSPS) is 11.3. The second-order valence-electron chi connectivity index (χ2n) is 5.73. The highest BCUT2D eigenvalue weighted by Gasteiger charge is 2.22. The molecule has 0 fully saturated rings. The van der Waals surface area contributed by atoms with E-state index in [1.54, 1.807) is 36.4 Å². The van der Waals surface area contributed by atoms with Gasteiger partial charge in [0.15, 0.2) is 6.61 Å². The number of esters is 1. The SMILES string of the molecule is NC(=O)N[C@@H](Cc1ccccc1)C(=O)OCC(=O)NCc1ccccc1Cl. The zero-order valence-corrected chi connectivity index (χ0v) is 15.2. The molecular formula is C19H20ClN3O4. The van der Waals surface area contributed by atoms with Crippen LogP contribution in [0, 0.1) is 0 Å². The Kier molecular flexibility index (Phi) is 7.63. The molecule has 0 saturated heterocycles. The van der Waals surface area contributed by atoms with Gasteiger partial charge in [0, 0.05) is 18.0 Å². The number of urea groups is 1. The minimum absolute atomic E-state index is 0.198. The van der Waals surface area contributed by atoms with Gasteiger partial charge in [-0.15, -0.1) is 0 Å². The van der Waals surface area contributed by atoms with Crippen LogP contribution in [0.15, 0.2) is 54.6 Å². The van der Waals surface area contributed by atoms with Crippen LogP contribution in [0.2, 0.25) is 5.02 Å². The number of rotatable bonds is 8. The van der Waals surface area contributed by atoms with Crippen molar-refractivity contribution in [3.63, 3.8) is 0 Å². The summed E-state index contributed by atoms with van der Waals surface area (Å²) in [7, 11) is 0. The Morgan fingerprint density at radius 1 is 1.04 bits per heavy atom. The Hall–Kier alpha value is -3.06. The lowest BCUT2D eigenvalue weighted by Gasteiger charge is -2.16. The van der Waals surface area contributed by atoms with Crippen LogP contribution in [0.3, 0.4) is 0 Å². The summed E-state index contributed by atoms with van der Waals surface area (Å²) in [5.74, 6) is -1.23. The first-order valence-corrected chi connectivity index (χ1v) is 8.60. The molecule has 3 amide bonds. The molecular weight excluding hydrogens is 370 g/mol. The minimum Gasteiger partial charge on any atom is -0.454 e. The lowest BCUT2D eigenvalue weighted by molar-refractivity contribution is -0.150. The molecule has 0 aromatic heterocycles. The van der Waals surface area contributed by atoms with Crippen molar-refractivity contribution in [1.82, 2.24) is 10.6 Å². The Morgan fingerprint density at radius 2 is 1.70 bits per heavy atom. The number of hydrogen-bond donors (Lipinski definition) is 3. The topological polar surface area (TPSA) is 111 Å². The van der Waals surface area contributed by atoms with Crippen LogP contribution in [0.1, 0.15) is 11.1 Å². The molecule has 1 atom stereocenters. The summed E-state index contributed by atoms with van der Waals surface area (Å²) in [6, 6.07) is 14.3. The van der Waals surface area contributed by atoms with Crippen molar-refractivity contribution in [1.29, 1.82) is 0 Å². The summed E-state index contributed by atoms with van der Waals surface area (Å²) in [4.78, 5) is 35.3. The van der Waals surface area contributed by atoms with Gasteiger partial charge in [0.25, 0.3) is 5.91 Å². The average molecular weight is 390 g/mol. The molecule has 0 spiro atoms. The number of nitrogens with two attached hydrogens (primary N) is 1. The van der Waals surface area contributed by atoms with E-state index < -0.39 is 30.6 Å². The van der Waals surface area contributed by atoms with Gasteiger partial charge in [0.1, 0.15) is 6.04 Å². The third-order valence-electron chi connectivity index (χ3n) is 3.66. The quantitative estimate of drug-likeness (QED) is 0.597. The highest BCUT2D eigenvalue weighted by molar-refractivity contribution is 6.31. The molecule has 2 rings (SSSR count). The largest absolute Gasteiger partial charge is 0.454 e. The molecule has 0 radical (unpaired) electrons. The number of nitrogens with one attached hydrogen (secondary N) is 2. The van der Waals surface area contributed by atoms with Gasteiger partial charge in [0.2, 0.25) is 0 Å². The number of carbonyl (C=O) groups excluding carboxylic acids is 3. The van der Waals surface area contributed by atoms with E-state index in [0.29, 0.717) is 5.02 Å². The van der Waals surface area contributed by atoms with Gasteiger partial charge in [-0.1, -0.05) is 60.1 Å². The summed E-state index contributed by atoms with van der Waals surface area (Å²) in [5, 5.41) is 5.48. The van der Waals surface area contributed by atoms with Crippen LogP contribution in [0.5, 0.6) is 0 Å². The standard InChI is InChI=1S/C19H20ClN3O4/c20-15-9-5-4-8-14(15)11-22-17(24)12-27-18(25)16(23-19(21)26)10-13-6-2-1-3-7-13/h1-9,16H,10-12H2,(H,22,24)(H3,21,23,26)/t16-/m0/s1. The molecule has 7 nitrogen and oxygen atoms in total. The number of primary amides is 1. The predicted molar refractivity (Wildman–Crippen MR) is 101 cm³/mol. The molecule has 4 N–H and O–H groups in total. The van der Waals surface area contributed by atoms with Gasteiger partial charge >= 0.3 is 12.0 Å². The van der Waals surface area contributed by atoms with E-state index in [2.05, 4.69) is 10.6 Å². The van der Waals surface area contributed by atoms with Crippen LogP contribution >= 0.6 is 11.6 Å². The summed E-state index contributed by atoms with van der Waals surface area (Å²) in [5.41, 5.74) is 6.68. The van der Waals surface area contributed by atoms with Crippen molar-refractivity contribution in [2.45, 2.75) is 19.0 Å². The second-order valence-corrected chi connectivity index (χ2v) is 6.13. The van der Waals surface area contributed by atoms with Crippen LogP contribution in [0.25, 0.3) is 0 Å². The first kappa shape index (κ1) is 20.3. The molecule has 142 valence electrons. The van der Waals surface area contributed by atoms with Gasteiger partial charge in [-0.3, -0.25) is 4.79 Å². The zero-order valence-electron chi connectivity index (χ0n) is 14.5. The second kappa shape index (κ2) is 10.2. The smallest absolute Gasteiger partial charge is 0.329 e. The van der Waals surface area contributed by atoms with Gasteiger partial charge in [-0.2, -0.15) is 0 Å². The Balaban J connectivity index is 1.85. The van der Waals surface area contributed by atoms with Crippen molar-refractivity contribution in [3.8, 4) is 0 Å². The molecule has 0 bridgehead atoms. The van der Waals surface area contributed by atoms with Crippen molar-refractivity contribution >= 4 is 29.5 Å². The van der Waals surface area contributed by atoms with Gasteiger partial charge in [-0.05, 0) is 17.2 Å². The summed E-state index contributed by atoms with van der Waals surface area (Å²) in [6.07, 6.45) is 0.198. The molecule has 2 aromatic carbocycles. The summed E-state index contributed by atoms with van der Waals surface area (Å²) < 4.78 is 5.00. The highest BCUT2D eigenvalue weighted by Crippen LogP contribution is 2.14. The lowest BCUT2D eigenvalue weighted by atomic mass is 10.1. The first-order chi connectivity index (χ1) is 13.0. The molecule has 2 aromatic rings. The Labute approximate surface area is 161 Å². The molecule has 0 aliphatic heterocycles. The maximum absolute atomic E-state index is 12.2. The third kappa shape index (κ3) is 6.99. The Bertz CT molecular complexity index is 799. The molecule has 27 heavy (non-hydrogen) atoms. The number of ether oxygens (including phenoxy) is 1. The maximum Gasteiger partial charge on any atom is 0.329 e. The van der Waals surface area contributed by atoms with Crippen LogP contribution in [-0.4, -0.2) is 30.6 Å². The van der Waals surface area contributed by atoms with Gasteiger partial charge < -0.3 is 21.1 Å². The van der Waals surface area contributed by atoms with Crippen LogP contribution in [0.4, 0.5) is 4.79 Å². The fraction of sp³-hybridized carbons (Fsp3) is 0.211. The van der Waals surface area contributed by atoms with Crippen molar-refractivity contribution in [2.75, 3.05) is 6.61 Å². The number of benzene rings is 2. The summed E-state index contributed by atoms with van der Waals surface area (Å²) >= 11 is 6.01. The van der Waals surface area contributed by atoms with E-state index in [1.165, 1.54) is 0 Å². The first-order valence-electron chi connectivity index (χ1n) is 8.22.